The Hall–Kier alpha value is -4.91. The summed E-state index contributed by atoms with van der Waals surface area (Å²) < 4.78 is 0. The average molecular weight is 494 g/mol. The molecule has 0 aliphatic rings. The lowest BCUT2D eigenvalue weighted by molar-refractivity contribution is 0.787. The molecule has 5 heterocycles. The highest BCUT2D eigenvalue weighted by atomic mass is 15.0. The molecule has 0 unspecified atom stereocenters. The van der Waals surface area contributed by atoms with Crippen LogP contribution in [-0.2, 0) is 19.3 Å². The molecule has 0 fully saturated rings. The summed E-state index contributed by atoms with van der Waals surface area (Å²) in [7, 11) is 0. The zero-order chi connectivity index (χ0) is 25.5. The van der Waals surface area contributed by atoms with Crippen molar-refractivity contribution in [3.8, 4) is 0 Å². The molecule has 0 aliphatic heterocycles. The van der Waals surface area contributed by atoms with Crippen LogP contribution in [0.4, 0.5) is 0 Å². The fourth-order valence-electron chi connectivity index (χ4n) is 4.96. The summed E-state index contributed by atoms with van der Waals surface area (Å²) in [6, 6.07) is 20.7. The number of benzene rings is 2. The minimum absolute atomic E-state index is 0.583. The van der Waals surface area contributed by atoms with Gasteiger partial charge < -0.3 is 0 Å². The van der Waals surface area contributed by atoms with Gasteiger partial charge in [-0.2, -0.15) is 0 Å². The highest BCUT2D eigenvalue weighted by Gasteiger charge is 2.11. The predicted molar refractivity (Wildman–Crippen MR) is 149 cm³/mol. The summed E-state index contributed by atoms with van der Waals surface area (Å²) in [5.74, 6) is 2.28. The zero-order valence-electron chi connectivity index (χ0n) is 20.8. The number of hydrogen-bond donors (Lipinski definition) is 0. The van der Waals surface area contributed by atoms with Crippen LogP contribution in [0.25, 0.3) is 43.6 Å². The Bertz CT molecular complexity index is 1840. The molecule has 0 aliphatic carbocycles. The van der Waals surface area contributed by atoms with E-state index in [2.05, 4.69) is 65.4 Å². The van der Waals surface area contributed by atoms with Crippen molar-refractivity contribution in [2.75, 3.05) is 0 Å². The fraction of sp³-hybridized carbons (Fsp3) is 0.129. The van der Waals surface area contributed by atoms with Crippen LogP contribution in [0.2, 0.25) is 0 Å². The molecule has 7 nitrogen and oxygen atoms in total. The maximum Gasteiger partial charge on any atom is 0.137 e. The van der Waals surface area contributed by atoms with Crippen LogP contribution < -0.4 is 0 Å². The van der Waals surface area contributed by atoms with Crippen molar-refractivity contribution in [3.05, 3.63) is 114 Å². The summed E-state index contributed by atoms with van der Waals surface area (Å²) in [5.41, 5.74) is 5.76. The molecule has 38 heavy (non-hydrogen) atoms. The lowest BCUT2D eigenvalue weighted by atomic mass is 10.1. The second-order valence-corrected chi connectivity index (χ2v) is 9.40. The monoisotopic (exact) mass is 493 g/mol. The van der Waals surface area contributed by atoms with E-state index in [1.54, 1.807) is 12.4 Å². The van der Waals surface area contributed by atoms with Crippen LogP contribution in [0.3, 0.4) is 0 Å². The van der Waals surface area contributed by atoms with Crippen LogP contribution in [0.15, 0.2) is 85.5 Å². The first-order valence-electron chi connectivity index (χ1n) is 12.7. The largest absolute Gasteiger partial charge is 0.254 e. The third-order valence-electron chi connectivity index (χ3n) is 6.77. The summed E-state index contributed by atoms with van der Waals surface area (Å²) in [4.78, 5) is 32.8. The number of aryl methyl sites for hydroxylation is 1. The number of aromatic nitrogens is 7. The summed E-state index contributed by atoms with van der Waals surface area (Å²) in [6.45, 7) is 2.06. The fourth-order valence-corrected chi connectivity index (χ4v) is 4.96. The first-order valence-corrected chi connectivity index (χ1v) is 12.7. The van der Waals surface area contributed by atoms with E-state index in [-0.39, 0.29) is 0 Å². The van der Waals surface area contributed by atoms with Crippen molar-refractivity contribution in [2.24, 2.45) is 0 Å². The van der Waals surface area contributed by atoms with Crippen LogP contribution in [0, 0.1) is 0 Å². The van der Waals surface area contributed by atoms with Crippen molar-refractivity contribution < 1.29 is 0 Å². The van der Waals surface area contributed by atoms with Gasteiger partial charge in [0.05, 0.1) is 22.1 Å². The molecule has 0 atom stereocenters. The standard InChI is InChI=1S/C31H23N7/c1-2-25-36-26(15-19-13-23-9-7-21-5-3-11-32-28(21)30(23)34-17-19)38-27(37-25)16-20-14-24-10-8-22-6-4-12-33-29(22)31(24)35-18-20/h3-14,17-18H,2,15-16H2,1H3. The Balaban J connectivity index is 1.20. The Morgan fingerprint density at radius 2 is 0.947 bits per heavy atom. The van der Waals surface area contributed by atoms with Crippen LogP contribution in [0.1, 0.15) is 35.5 Å². The zero-order valence-corrected chi connectivity index (χ0v) is 20.8. The first-order chi connectivity index (χ1) is 18.7. The molecule has 0 radical (unpaired) electrons. The topological polar surface area (TPSA) is 90.2 Å². The van der Waals surface area contributed by atoms with E-state index >= 15 is 0 Å². The van der Waals surface area contributed by atoms with Crippen molar-refractivity contribution in [1.29, 1.82) is 0 Å². The highest BCUT2D eigenvalue weighted by Crippen LogP contribution is 2.24. The summed E-state index contributed by atoms with van der Waals surface area (Å²) in [6.07, 6.45) is 9.32. The molecule has 0 saturated heterocycles. The molecule has 182 valence electrons. The SMILES string of the molecule is CCc1nc(Cc2cnc3c(ccc4cccnc43)c2)nc(Cc2cnc3c(ccc4cccnc43)c2)n1. The van der Waals surface area contributed by atoms with E-state index in [0.29, 0.717) is 12.8 Å². The van der Waals surface area contributed by atoms with Gasteiger partial charge in [0.2, 0.25) is 0 Å². The van der Waals surface area contributed by atoms with Gasteiger partial charge in [-0.15, -0.1) is 0 Å². The molecule has 0 amide bonds. The molecule has 0 bridgehead atoms. The van der Waals surface area contributed by atoms with Gasteiger partial charge in [-0.3, -0.25) is 19.9 Å². The summed E-state index contributed by atoms with van der Waals surface area (Å²) >= 11 is 0. The average Bonchev–Trinajstić information content (AvgIpc) is 2.96. The molecular formula is C31H23N7. The van der Waals surface area contributed by atoms with E-state index in [0.717, 1.165) is 78.6 Å². The Morgan fingerprint density at radius 3 is 1.45 bits per heavy atom. The molecule has 2 aromatic carbocycles. The van der Waals surface area contributed by atoms with Gasteiger partial charge in [0.15, 0.2) is 0 Å². The Kier molecular flexibility index (Phi) is 5.39. The molecule has 0 spiro atoms. The van der Waals surface area contributed by atoms with E-state index < -0.39 is 0 Å². The quantitative estimate of drug-likeness (QED) is 0.280. The van der Waals surface area contributed by atoms with Gasteiger partial charge >= 0.3 is 0 Å². The van der Waals surface area contributed by atoms with Crippen LogP contribution >= 0.6 is 0 Å². The minimum Gasteiger partial charge on any atom is -0.254 e. The van der Waals surface area contributed by atoms with Crippen molar-refractivity contribution in [1.82, 2.24) is 34.9 Å². The Morgan fingerprint density at radius 1 is 0.500 bits per heavy atom. The number of pyridine rings is 4. The molecule has 7 heteroatoms. The van der Waals surface area contributed by atoms with E-state index in [4.69, 9.17) is 24.9 Å². The van der Waals surface area contributed by atoms with Crippen molar-refractivity contribution >= 4 is 43.6 Å². The normalized spacial score (nSPS) is 11.6. The number of rotatable bonds is 5. The molecular weight excluding hydrogens is 470 g/mol. The highest BCUT2D eigenvalue weighted by molar-refractivity contribution is 6.03. The van der Waals surface area contributed by atoms with E-state index in [1.165, 1.54) is 0 Å². The third-order valence-corrected chi connectivity index (χ3v) is 6.77. The molecule has 0 saturated carbocycles. The van der Waals surface area contributed by atoms with Crippen LogP contribution in [0.5, 0.6) is 0 Å². The number of hydrogen-bond acceptors (Lipinski definition) is 7. The minimum atomic E-state index is 0.583. The third kappa shape index (κ3) is 4.08. The van der Waals surface area contributed by atoms with E-state index in [1.807, 2.05) is 24.5 Å². The van der Waals surface area contributed by atoms with Gasteiger partial charge in [0.1, 0.15) is 17.5 Å². The number of fused-ring (bicyclic) bond motifs is 6. The van der Waals surface area contributed by atoms with E-state index in [9.17, 15) is 0 Å². The molecule has 7 aromatic rings. The number of nitrogens with zero attached hydrogens (tertiary/aromatic N) is 7. The van der Waals surface area contributed by atoms with Gasteiger partial charge in [0, 0.05) is 65.6 Å². The van der Waals surface area contributed by atoms with Gasteiger partial charge in [0.25, 0.3) is 0 Å². The lowest BCUT2D eigenvalue weighted by Gasteiger charge is -2.09. The Labute approximate surface area is 218 Å². The van der Waals surface area contributed by atoms with Gasteiger partial charge in [-0.05, 0) is 35.4 Å². The maximum atomic E-state index is 4.83. The summed E-state index contributed by atoms with van der Waals surface area (Å²) in [5, 5.41) is 4.29. The molecule has 5 aromatic heterocycles. The van der Waals surface area contributed by atoms with Gasteiger partial charge in [-0.25, -0.2) is 15.0 Å². The molecule has 7 rings (SSSR count). The van der Waals surface area contributed by atoms with Gasteiger partial charge in [-0.1, -0.05) is 43.3 Å². The van der Waals surface area contributed by atoms with Crippen LogP contribution in [-0.4, -0.2) is 34.9 Å². The second kappa shape index (κ2) is 9.19. The van der Waals surface area contributed by atoms with Crippen molar-refractivity contribution in [3.63, 3.8) is 0 Å². The predicted octanol–water partition coefficient (Wildman–Crippen LogP) is 5.81. The molecule has 0 N–H and O–H groups in total. The smallest absolute Gasteiger partial charge is 0.137 e. The lowest BCUT2D eigenvalue weighted by Crippen LogP contribution is -2.09. The van der Waals surface area contributed by atoms with Crippen molar-refractivity contribution in [2.45, 2.75) is 26.2 Å². The maximum absolute atomic E-state index is 4.83. The first kappa shape index (κ1) is 22.3. The second-order valence-electron chi connectivity index (χ2n) is 9.40.